The van der Waals surface area contributed by atoms with Gasteiger partial charge in [-0.25, -0.2) is 4.79 Å². The summed E-state index contributed by atoms with van der Waals surface area (Å²) in [5.41, 5.74) is 0.531. The number of amides is 3. The number of para-hydroxylation sites is 2. The van der Waals surface area contributed by atoms with Crippen LogP contribution in [0.25, 0.3) is 0 Å². The molecule has 0 aromatic heterocycles. The van der Waals surface area contributed by atoms with Crippen LogP contribution in [0.2, 0.25) is 0 Å². The molecule has 0 aliphatic rings. The predicted octanol–water partition coefficient (Wildman–Crippen LogP) is 3.57. The summed E-state index contributed by atoms with van der Waals surface area (Å²) in [5, 5.41) is 7.97. The third kappa shape index (κ3) is 8.95. The second-order valence-corrected chi connectivity index (χ2v) is 7.79. The first-order chi connectivity index (χ1) is 15.2. The summed E-state index contributed by atoms with van der Waals surface area (Å²) in [6.45, 7) is 5.26. The van der Waals surface area contributed by atoms with E-state index in [-0.39, 0.29) is 31.4 Å². The van der Waals surface area contributed by atoms with Gasteiger partial charge in [-0.1, -0.05) is 12.1 Å². The third-order valence-corrected chi connectivity index (χ3v) is 3.90. The number of carbonyl (C=O) groups is 3. The van der Waals surface area contributed by atoms with Crippen molar-refractivity contribution in [3.63, 3.8) is 0 Å². The minimum absolute atomic E-state index is 0.0953. The zero-order valence-electron chi connectivity index (χ0n) is 18.7. The molecule has 0 bridgehead atoms. The Bertz CT molecular complexity index is 922. The second-order valence-electron chi connectivity index (χ2n) is 7.79. The van der Waals surface area contributed by atoms with Crippen molar-refractivity contribution in [3.8, 4) is 11.5 Å². The van der Waals surface area contributed by atoms with Crippen molar-refractivity contribution in [1.82, 2.24) is 5.32 Å². The number of benzene rings is 2. The molecule has 3 amide bonds. The van der Waals surface area contributed by atoms with Gasteiger partial charge in [0.2, 0.25) is 5.91 Å². The van der Waals surface area contributed by atoms with Gasteiger partial charge in [-0.15, -0.1) is 0 Å². The summed E-state index contributed by atoms with van der Waals surface area (Å²) < 4.78 is 15.8. The Morgan fingerprint density at radius 2 is 1.41 bits per heavy atom. The van der Waals surface area contributed by atoms with Gasteiger partial charge in [0.15, 0.2) is 18.1 Å². The molecule has 2 rings (SSSR count). The summed E-state index contributed by atoms with van der Waals surface area (Å²) in [7, 11) is 1.53. The molecule has 2 aromatic rings. The normalized spacial score (nSPS) is 10.6. The molecule has 172 valence electrons. The van der Waals surface area contributed by atoms with E-state index in [1.807, 2.05) is 6.07 Å². The van der Waals surface area contributed by atoms with E-state index in [0.717, 1.165) is 0 Å². The SMILES string of the molecule is COc1ccccc1OCC(=O)Nc1ccc(NC(=O)CCNC(=O)OC(C)(C)C)cc1. The van der Waals surface area contributed by atoms with Crippen LogP contribution in [0.5, 0.6) is 11.5 Å². The molecule has 2 aromatic carbocycles. The number of alkyl carbamates (subject to hydrolysis) is 1. The van der Waals surface area contributed by atoms with Crippen molar-refractivity contribution >= 4 is 29.3 Å². The van der Waals surface area contributed by atoms with Gasteiger partial charge in [0.1, 0.15) is 5.60 Å². The van der Waals surface area contributed by atoms with E-state index in [1.54, 1.807) is 63.2 Å². The first kappa shape index (κ1) is 24.5. The van der Waals surface area contributed by atoms with Gasteiger partial charge >= 0.3 is 6.09 Å². The molecule has 0 spiro atoms. The van der Waals surface area contributed by atoms with Crippen LogP contribution < -0.4 is 25.4 Å². The molecule has 0 saturated carbocycles. The average Bonchev–Trinajstić information content (AvgIpc) is 2.72. The summed E-state index contributed by atoms with van der Waals surface area (Å²) in [6, 6.07) is 13.7. The summed E-state index contributed by atoms with van der Waals surface area (Å²) in [4.78, 5) is 35.7. The van der Waals surface area contributed by atoms with E-state index in [4.69, 9.17) is 14.2 Å². The zero-order chi connectivity index (χ0) is 23.6. The van der Waals surface area contributed by atoms with Crippen molar-refractivity contribution in [2.45, 2.75) is 32.8 Å². The number of ether oxygens (including phenoxy) is 3. The van der Waals surface area contributed by atoms with Crippen molar-refractivity contribution in [1.29, 1.82) is 0 Å². The van der Waals surface area contributed by atoms with Crippen LogP contribution in [0.4, 0.5) is 16.2 Å². The number of anilines is 2. The van der Waals surface area contributed by atoms with Gasteiger partial charge < -0.3 is 30.2 Å². The number of hydrogen-bond donors (Lipinski definition) is 3. The Balaban J connectivity index is 1.73. The van der Waals surface area contributed by atoms with Crippen molar-refractivity contribution in [3.05, 3.63) is 48.5 Å². The molecule has 0 aliphatic carbocycles. The maximum atomic E-state index is 12.1. The fraction of sp³-hybridized carbons (Fsp3) is 0.348. The minimum Gasteiger partial charge on any atom is -0.493 e. The molecule has 0 heterocycles. The highest BCUT2D eigenvalue weighted by Crippen LogP contribution is 2.25. The quantitative estimate of drug-likeness (QED) is 0.546. The molecule has 0 saturated heterocycles. The van der Waals surface area contributed by atoms with E-state index in [9.17, 15) is 14.4 Å². The zero-order valence-corrected chi connectivity index (χ0v) is 18.7. The fourth-order valence-electron chi connectivity index (χ4n) is 2.53. The molecule has 0 aliphatic heterocycles. The Morgan fingerprint density at radius 1 is 0.844 bits per heavy atom. The highest BCUT2D eigenvalue weighted by Gasteiger charge is 2.16. The molecule has 3 N–H and O–H groups in total. The summed E-state index contributed by atoms with van der Waals surface area (Å²) in [6.07, 6.45) is -0.474. The van der Waals surface area contributed by atoms with E-state index >= 15 is 0 Å². The molecule has 0 radical (unpaired) electrons. The van der Waals surface area contributed by atoms with Gasteiger partial charge in [-0.2, -0.15) is 0 Å². The third-order valence-electron chi connectivity index (χ3n) is 3.90. The highest BCUT2D eigenvalue weighted by molar-refractivity contribution is 5.93. The molecule has 0 fully saturated rings. The lowest BCUT2D eigenvalue weighted by molar-refractivity contribution is -0.118. The summed E-state index contributed by atoms with van der Waals surface area (Å²) in [5.74, 6) is 0.426. The van der Waals surface area contributed by atoms with Crippen molar-refractivity contribution in [2.75, 3.05) is 30.9 Å². The first-order valence-corrected chi connectivity index (χ1v) is 10.1. The average molecular weight is 444 g/mol. The number of methoxy groups -OCH3 is 1. The molecule has 32 heavy (non-hydrogen) atoms. The van der Waals surface area contributed by atoms with E-state index in [1.165, 1.54) is 7.11 Å². The Kier molecular flexibility index (Phi) is 8.88. The lowest BCUT2D eigenvalue weighted by Gasteiger charge is -2.19. The number of nitrogens with one attached hydrogen (secondary N) is 3. The van der Waals surface area contributed by atoms with Gasteiger partial charge in [-0.05, 0) is 57.2 Å². The van der Waals surface area contributed by atoms with E-state index in [2.05, 4.69) is 16.0 Å². The lowest BCUT2D eigenvalue weighted by Crippen LogP contribution is -2.34. The van der Waals surface area contributed by atoms with Crippen LogP contribution in [-0.4, -0.2) is 43.8 Å². The largest absolute Gasteiger partial charge is 0.493 e. The van der Waals surface area contributed by atoms with Crippen LogP contribution in [0.3, 0.4) is 0 Å². The Morgan fingerprint density at radius 3 is 1.97 bits per heavy atom. The molecular formula is C23H29N3O6. The number of rotatable bonds is 9. The van der Waals surface area contributed by atoms with Gasteiger partial charge in [-0.3, -0.25) is 9.59 Å². The fourth-order valence-corrected chi connectivity index (χ4v) is 2.53. The smallest absolute Gasteiger partial charge is 0.407 e. The molecule has 0 unspecified atom stereocenters. The Labute approximate surface area is 187 Å². The molecule has 0 atom stereocenters. The van der Waals surface area contributed by atoms with Gasteiger partial charge in [0.25, 0.3) is 5.91 Å². The van der Waals surface area contributed by atoms with Crippen LogP contribution in [0.1, 0.15) is 27.2 Å². The molecule has 9 nitrogen and oxygen atoms in total. The van der Waals surface area contributed by atoms with Crippen LogP contribution in [0, 0.1) is 0 Å². The Hall–Kier alpha value is -3.75. The van der Waals surface area contributed by atoms with Crippen LogP contribution >= 0.6 is 0 Å². The number of carbonyl (C=O) groups excluding carboxylic acids is 3. The maximum Gasteiger partial charge on any atom is 0.407 e. The van der Waals surface area contributed by atoms with Crippen LogP contribution in [0.15, 0.2) is 48.5 Å². The van der Waals surface area contributed by atoms with E-state index < -0.39 is 11.7 Å². The van der Waals surface area contributed by atoms with Gasteiger partial charge in [0, 0.05) is 24.3 Å². The highest BCUT2D eigenvalue weighted by atomic mass is 16.6. The maximum absolute atomic E-state index is 12.1. The number of hydrogen-bond acceptors (Lipinski definition) is 6. The second kappa shape index (κ2) is 11.6. The van der Waals surface area contributed by atoms with Crippen molar-refractivity contribution in [2.24, 2.45) is 0 Å². The van der Waals surface area contributed by atoms with Gasteiger partial charge in [0.05, 0.1) is 7.11 Å². The van der Waals surface area contributed by atoms with E-state index in [0.29, 0.717) is 22.9 Å². The topological polar surface area (TPSA) is 115 Å². The minimum atomic E-state index is -0.593. The predicted molar refractivity (Wildman–Crippen MR) is 121 cm³/mol. The standard InChI is InChI=1S/C23H29N3O6/c1-23(2,3)32-22(29)24-14-13-20(27)25-16-9-11-17(12-10-16)26-21(28)15-31-19-8-6-5-7-18(19)30-4/h5-12H,13-15H2,1-4H3,(H,24,29)(H,25,27)(H,26,28). The summed E-state index contributed by atoms with van der Waals surface area (Å²) >= 11 is 0. The molecular weight excluding hydrogens is 414 g/mol. The monoisotopic (exact) mass is 443 g/mol. The van der Waals surface area contributed by atoms with Crippen molar-refractivity contribution < 1.29 is 28.6 Å². The van der Waals surface area contributed by atoms with Crippen LogP contribution in [-0.2, 0) is 14.3 Å². The first-order valence-electron chi connectivity index (χ1n) is 10.1. The molecule has 9 heteroatoms. The lowest BCUT2D eigenvalue weighted by atomic mass is 10.2.